The molecule has 1 amide bonds. The van der Waals surface area contributed by atoms with Crippen LogP contribution in [0, 0.1) is 5.92 Å². The van der Waals surface area contributed by atoms with E-state index in [9.17, 15) is 4.79 Å². The fourth-order valence-electron chi connectivity index (χ4n) is 1.51. The van der Waals surface area contributed by atoms with Crippen LogP contribution in [0.25, 0.3) is 11.0 Å². The van der Waals surface area contributed by atoms with E-state index in [2.05, 4.69) is 15.3 Å². The molecule has 0 atom stereocenters. The maximum Gasteiger partial charge on any atom is 0.222 e. The summed E-state index contributed by atoms with van der Waals surface area (Å²) in [5, 5.41) is 2.88. The van der Waals surface area contributed by atoms with E-state index in [1.807, 2.05) is 32.0 Å². The molecule has 1 heterocycles. The average molecular weight is 229 g/mol. The molecule has 2 rings (SSSR count). The second-order valence-electron chi connectivity index (χ2n) is 4.25. The van der Waals surface area contributed by atoms with Gasteiger partial charge in [-0.25, -0.2) is 0 Å². The molecular formula is C13H15N3O. The molecule has 0 aliphatic carbocycles. The van der Waals surface area contributed by atoms with Gasteiger partial charge in [-0.2, -0.15) is 0 Å². The zero-order valence-electron chi connectivity index (χ0n) is 9.97. The second-order valence-corrected chi connectivity index (χ2v) is 4.25. The first-order chi connectivity index (χ1) is 8.16. The minimum atomic E-state index is 0.00949. The molecule has 0 saturated carbocycles. The monoisotopic (exact) mass is 229 g/mol. The number of rotatable bonds is 3. The van der Waals surface area contributed by atoms with Gasteiger partial charge in [-0.1, -0.05) is 19.9 Å². The van der Waals surface area contributed by atoms with Gasteiger partial charge < -0.3 is 5.32 Å². The van der Waals surface area contributed by atoms with Crippen LogP contribution < -0.4 is 5.32 Å². The first-order valence-electron chi connectivity index (χ1n) is 5.64. The molecule has 1 aromatic heterocycles. The van der Waals surface area contributed by atoms with Crippen LogP contribution in [-0.4, -0.2) is 15.9 Å². The summed E-state index contributed by atoms with van der Waals surface area (Å²) >= 11 is 0. The quantitative estimate of drug-likeness (QED) is 0.874. The standard InChI is InChI=1S/C13H15N3O/c1-9(2)13(17)16-8-10-3-4-11-12(7-10)15-6-5-14-11/h3-7,9H,8H2,1-2H3,(H,16,17). The van der Waals surface area contributed by atoms with Crippen LogP contribution in [-0.2, 0) is 11.3 Å². The van der Waals surface area contributed by atoms with E-state index in [-0.39, 0.29) is 11.8 Å². The van der Waals surface area contributed by atoms with Crippen molar-refractivity contribution in [1.82, 2.24) is 15.3 Å². The van der Waals surface area contributed by atoms with Gasteiger partial charge in [0.1, 0.15) is 0 Å². The fourth-order valence-corrected chi connectivity index (χ4v) is 1.51. The Morgan fingerprint density at radius 1 is 1.24 bits per heavy atom. The minimum Gasteiger partial charge on any atom is -0.352 e. The number of fused-ring (bicyclic) bond motifs is 1. The van der Waals surface area contributed by atoms with E-state index in [0.717, 1.165) is 16.6 Å². The predicted molar refractivity (Wildman–Crippen MR) is 66.2 cm³/mol. The van der Waals surface area contributed by atoms with Crippen LogP contribution in [0.15, 0.2) is 30.6 Å². The molecule has 88 valence electrons. The number of carbonyl (C=O) groups is 1. The SMILES string of the molecule is CC(C)C(=O)NCc1ccc2nccnc2c1. The molecule has 1 aromatic carbocycles. The Balaban J connectivity index is 2.12. The Labute approximate surface area is 100 Å². The summed E-state index contributed by atoms with van der Waals surface area (Å²) in [5.41, 5.74) is 2.75. The van der Waals surface area contributed by atoms with Gasteiger partial charge in [-0.05, 0) is 17.7 Å². The number of carbonyl (C=O) groups excluding carboxylic acids is 1. The number of aromatic nitrogens is 2. The molecule has 0 saturated heterocycles. The Hall–Kier alpha value is -1.97. The number of nitrogens with one attached hydrogen (secondary N) is 1. The highest BCUT2D eigenvalue weighted by atomic mass is 16.1. The Kier molecular flexibility index (Phi) is 3.32. The maximum absolute atomic E-state index is 11.4. The van der Waals surface area contributed by atoms with Crippen LogP contribution in [0.2, 0.25) is 0 Å². The first-order valence-corrected chi connectivity index (χ1v) is 5.64. The van der Waals surface area contributed by atoms with E-state index < -0.39 is 0 Å². The lowest BCUT2D eigenvalue weighted by Gasteiger charge is -2.07. The molecule has 2 aromatic rings. The van der Waals surface area contributed by atoms with Gasteiger partial charge in [0, 0.05) is 24.9 Å². The Bertz CT molecular complexity index is 537. The van der Waals surface area contributed by atoms with Crippen molar-refractivity contribution >= 4 is 16.9 Å². The van der Waals surface area contributed by atoms with Crippen molar-refractivity contribution in [3.05, 3.63) is 36.2 Å². The number of nitrogens with zero attached hydrogens (tertiary/aromatic N) is 2. The summed E-state index contributed by atoms with van der Waals surface area (Å²) in [7, 11) is 0. The molecule has 0 radical (unpaired) electrons. The minimum absolute atomic E-state index is 0.00949. The zero-order chi connectivity index (χ0) is 12.3. The summed E-state index contributed by atoms with van der Waals surface area (Å²) in [6.07, 6.45) is 3.33. The largest absolute Gasteiger partial charge is 0.352 e. The number of benzene rings is 1. The van der Waals surface area contributed by atoms with E-state index in [1.54, 1.807) is 12.4 Å². The van der Waals surface area contributed by atoms with Crippen molar-refractivity contribution in [2.24, 2.45) is 5.92 Å². The van der Waals surface area contributed by atoms with Gasteiger partial charge in [0.25, 0.3) is 0 Å². The molecule has 0 aliphatic rings. The van der Waals surface area contributed by atoms with Crippen LogP contribution in [0.4, 0.5) is 0 Å². The molecule has 1 N–H and O–H groups in total. The average Bonchev–Trinajstić information content (AvgIpc) is 2.35. The summed E-state index contributed by atoms with van der Waals surface area (Å²) in [6.45, 7) is 4.28. The third-order valence-electron chi connectivity index (χ3n) is 2.52. The number of hydrogen-bond acceptors (Lipinski definition) is 3. The zero-order valence-corrected chi connectivity index (χ0v) is 9.97. The van der Waals surface area contributed by atoms with Crippen molar-refractivity contribution in [3.63, 3.8) is 0 Å². The Morgan fingerprint density at radius 3 is 2.65 bits per heavy atom. The highest BCUT2D eigenvalue weighted by Crippen LogP contribution is 2.10. The van der Waals surface area contributed by atoms with Crippen molar-refractivity contribution in [1.29, 1.82) is 0 Å². The van der Waals surface area contributed by atoms with Crippen LogP contribution in [0.5, 0.6) is 0 Å². The predicted octanol–water partition coefficient (Wildman–Crippen LogP) is 1.90. The highest BCUT2D eigenvalue weighted by Gasteiger charge is 2.06. The summed E-state index contributed by atoms with van der Waals surface area (Å²) < 4.78 is 0. The van der Waals surface area contributed by atoms with Crippen molar-refractivity contribution < 1.29 is 4.79 Å². The van der Waals surface area contributed by atoms with E-state index in [1.165, 1.54) is 0 Å². The lowest BCUT2D eigenvalue weighted by molar-refractivity contribution is -0.124. The third-order valence-corrected chi connectivity index (χ3v) is 2.52. The Morgan fingerprint density at radius 2 is 1.94 bits per heavy atom. The fraction of sp³-hybridized carbons (Fsp3) is 0.308. The van der Waals surface area contributed by atoms with Gasteiger partial charge in [0.15, 0.2) is 0 Å². The normalized spacial score (nSPS) is 10.8. The molecule has 0 unspecified atom stereocenters. The van der Waals surface area contributed by atoms with Crippen LogP contribution >= 0.6 is 0 Å². The van der Waals surface area contributed by atoms with Gasteiger partial charge >= 0.3 is 0 Å². The molecule has 0 spiro atoms. The van der Waals surface area contributed by atoms with E-state index in [0.29, 0.717) is 6.54 Å². The van der Waals surface area contributed by atoms with Gasteiger partial charge in [-0.3, -0.25) is 14.8 Å². The molecule has 0 fully saturated rings. The summed E-state index contributed by atoms with van der Waals surface area (Å²) in [5.74, 6) is 0.0690. The van der Waals surface area contributed by atoms with E-state index in [4.69, 9.17) is 0 Å². The molecule has 0 aliphatic heterocycles. The summed E-state index contributed by atoms with van der Waals surface area (Å²) in [4.78, 5) is 19.9. The van der Waals surface area contributed by atoms with Crippen molar-refractivity contribution in [2.45, 2.75) is 20.4 Å². The van der Waals surface area contributed by atoms with Crippen molar-refractivity contribution in [3.8, 4) is 0 Å². The molecular weight excluding hydrogens is 214 g/mol. The maximum atomic E-state index is 11.4. The van der Waals surface area contributed by atoms with Crippen LogP contribution in [0.3, 0.4) is 0 Å². The number of hydrogen-bond donors (Lipinski definition) is 1. The molecule has 17 heavy (non-hydrogen) atoms. The van der Waals surface area contributed by atoms with Crippen LogP contribution in [0.1, 0.15) is 19.4 Å². The molecule has 0 bridgehead atoms. The smallest absolute Gasteiger partial charge is 0.222 e. The third kappa shape index (κ3) is 2.78. The lowest BCUT2D eigenvalue weighted by atomic mass is 10.1. The van der Waals surface area contributed by atoms with Gasteiger partial charge in [-0.15, -0.1) is 0 Å². The second kappa shape index (κ2) is 4.91. The highest BCUT2D eigenvalue weighted by molar-refractivity contribution is 5.78. The molecule has 4 heteroatoms. The topological polar surface area (TPSA) is 54.9 Å². The first kappa shape index (κ1) is 11.5. The molecule has 4 nitrogen and oxygen atoms in total. The van der Waals surface area contributed by atoms with Crippen molar-refractivity contribution in [2.75, 3.05) is 0 Å². The summed E-state index contributed by atoms with van der Waals surface area (Å²) in [6, 6.07) is 5.82. The van der Waals surface area contributed by atoms with E-state index >= 15 is 0 Å². The number of amides is 1. The van der Waals surface area contributed by atoms with Gasteiger partial charge in [0.2, 0.25) is 5.91 Å². The van der Waals surface area contributed by atoms with Gasteiger partial charge in [0.05, 0.1) is 11.0 Å². The lowest BCUT2D eigenvalue weighted by Crippen LogP contribution is -2.27.